The lowest BCUT2D eigenvalue weighted by atomic mass is 10.1. The molecule has 0 saturated heterocycles. The molecule has 0 aliphatic carbocycles. The normalized spacial score (nSPS) is 11.5. The number of aryl methyl sites for hydroxylation is 1. The van der Waals surface area contributed by atoms with E-state index in [9.17, 15) is 22.9 Å². The highest BCUT2D eigenvalue weighted by atomic mass is 32.2. The van der Waals surface area contributed by atoms with Gasteiger partial charge in [-0.25, -0.2) is 0 Å². The monoisotopic (exact) mass is 372 g/mol. The van der Waals surface area contributed by atoms with Crippen molar-refractivity contribution in [2.75, 3.05) is 11.1 Å². The minimum Gasteiger partial charge on any atom is -0.507 e. The minimum atomic E-state index is -4.55. The predicted molar refractivity (Wildman–Crippen MR) is 99.0 cm³/mol. The Morgan fingerprint density at radius 1 is 1.12 bits per heavy atom. The quantitative estimate of drug-likeness (QED) is 0.413. The fourth-order valence-corrected chi connectivity index (χ4v) is 3.37. The van der Waals surface area contributed by atoms with E-state index >= 15 is 0 Å². The lowest BCUT2D eigenvalue weighted by Crippen LogP contribution is -2.13. The summed E-state index contributed by atoms with van der Waals surface area (Å²) < 4.78 is 32.5. The summed E-state index contributed by atoms with van der Waals surface area (Å²) in [7, 11) is -4.55. The van der Waals surface area contributed by atoms with E-state index < -0.39 is 20.9 Å². The summed E-state index contributed by atoms with van der Waals surface area (Å²) in [6.07, 6.45) is 0. The van der Waals surface area contributed by atoms with Crippen LogP contribution in [0.2, 0.25) is 0 Å². The van der Waals surface area contributed by atoms with E-state index in [0.717, 1.165) is 11.6 Å². The van der Waals surface area contributed by atoms with Crippen LogP contribution in [-0.2, 0) is 10.1 Å². The Labute approximate surface area is 149 Å². The molecule has 1 amide bonds. The van der Waals surface area contributed by atoms with E-state index in [-0.39, 0.29) is 22.2 Å². The summed E-state index contributed by atoms with van der Waals surface area (Å²) in [4.78, 5) is 12.0. The van der Waals surface area contributed by atoms with Crippen molar-refractivity contribution in [2.24, 2.45) is 0 Å². The van der Waals surface area contributed by atoms with Gasteiger partial charge in [-0.15, -0.1) is 0 Å². The molecule has 0 aromatic heterocycles. The number of benzene rings is 3. The Bertz CT molecular complexity index is 1140. The third-order valence-electron chi connectivity index (χ3n) is 4.05. The molecule has 0 aliphatic rings. The van der Waals surface area contributed by atoms with Crippen LogP contribution >= 0.6 is 0 Å². The van der Waals surface area contributed by atoms with Crippen LogP contribution in [0, 0.1) is 6.92 Å². The largest absolute Gasteiger partial charge is 0.507 e. The second kappa shape index (κ2) is 6.32. The number of phenols is 1. The summed E-state index contributed by atoms with van der Waals surface area (Å²) in [5, 5.41) is 12.9. The maximum absolute atomic E-state index is 12.5. The maximum atomic E-state index is 12.5. The second-order valence-corrected chi connectivity index (χ2v) is 7.20. The van der Waals surface area contributed by atoms with Crippen LogP contribution < -0.4 is 11.1 Å². The zero-order valence-corrected chi connectivity index (χ0v) is 14.5. The van der Waals surface area contributed by atoms with Crippen molar-refractivity contribution in [1.29, 1.82) is 0 Å². The number of hydrogen-bond acceptors (Lipinski definition) is 5. The zero-order valence-electron chi connectivity index (χ0n) is 13.7. The summed E-state index contributed by atoms with van der Waals surface area (Å²) in [5.74, 6) is -0.772. The van der Waals surface area contributed by atoms with Crippen molar-refractivity contribution in [1.82, 2.24) is 0 Å². The number of anilines is 2. The molecule has 5 N–H and O–H groups in total. The third-order valence-corrected chi connectivity index (χ3v) is 4.94. The number of rotatable bonds is 3. The Kier molecular flexibility index (Phi) is 4.31. The molecule has 0 fully saturated rings. The van der Waals surface area contributed by atoms with Gasteiger partial charge in [-0.05, 0) is 42.8 Å². The van der Waals surface area contributed by atoms with E-state index in [1.165, 1.54) is 30.3 Å². The fraction of sp³-hybridized carbons (Fsp3) is 0.0556. The average molecular weight is 372 g/mol. The molecule has 3 aromatic rings. The summed E-state index contributed by atoms with van der Waals surface area (Å²) in [6, 6.07) is 11.7. The number of hydrogen-bond donors (Lipinski definition) is 4. The Morgan fingerprint density at radius 2 is 1.85 bits per heavy atom. The SMILES string of the molecule is Cc1ccc(C(=O)Nc2ccc(S(=O)(=O)O)c3c(O)cccc23)cc1N. The summed E-state index contributed by atoms with van der Waals surface area (Å²) >= 11 is 0. The number of nitrogens with two attached hydrogens (primary N) is 1. The third kappa shape index (κ3) is 3.19. The second-order valence-electron chi connectivity index (χ2n) is 5.81. The zero-order chi connectivity index (χ0) is 19.1. The van der Waals surface area contributed by atoms with E-state index in [1.54, 1.807) is 12.1 Å². The fourth-order valence-electron chi connectivity index (χ4n) is 2.66. The van der Waals surface area contributed by atoms with Gasteiger partial charge in [0.15, 0.2) is 0 Å². The number of carbonyl (C=O) groups is 1. The van der Waals surface area contributed by atoms with Crippen LogP contribution in [0.4, 0.5) is 11.4 Å². The van der Waals surface area contributed by atoms with Gasteiger partial charge in [0.2, 0.25) is 0 Å². The first-order valence-electron chi connectivity index (χ1n) is 7.58. The van der Waals surface area contributed by atoms with Gasteiger partial charge in [-0.2, -0.15) is 8.42 Å². The molecule has 8 heteroatoms. The van der Waals surface area contributed by atoms with Crippen molar-refractivity contribution in [3.63, 3.8) is 0 Å². The molecular formula is C18H16N2O5S. The predicted octanol–water partition coefficient (Wildman–Crippen LogP) is 2.94. The molecule has 0 aliphatic heterocycles. The van der Waals surface area contributed by atoms with Gasteiger partial charge in [0.1, 0.15) is 10.6 Å². The maximum Gasteiger partial charge on any atom is 0.295 e. The number of fused-ring (bicyclic) bond motifs is 1. The standard InChI is InChI=1S/C18H16N2O5S/c1-10-5-6-11(9-13(10)19)18(22)20-14-7-8-16(26(23,24)25)17-12(14)3-2-4-15(17)21/h2-9,21H,19H2,1H3,(H,20,22)(H,23,24,25). The van der Waals surface area contributed by atoms with E-state index in [0.29, 0.717) is 11.3 Å². The van der Waals surface area contributed by atoms with Gasteiger partial charge in [0, 0.05) is 27.7 Å². The molecule has 134 valence electrons. The van der Waals surface area contributed by atoms with Crippen LogP contribution in [0.25, 0.3) is 10.8 Å². The molecule has 0 spiro atoms. The Balaban J connectivity index is 2.10. The molecule has 0 unspecified atom stereocenters. The van der Waals surface area contributed by atoms with E-state index in [4.69, 9.17) is 5.73 Å². The highest BCUT2D eigenvalue weighted by Gasteiger charge is 2.19. The molecule has 7 nitrogen and oxygen atoms in total. The van der Waals surface area contributed by atoms with Crippen LogP contribution in [-0.4, -0.2) is 24.0 Å². The topological polar surface area (TPSA) is 130 Å². The first-order valence-corrected chi connectivity index (χ1v) is 9.02. The van der Waals surface area contributed by atoms with Gasteiger partial charge in [-0.3, -0.25) is 9.35 Å². The molecule has 3 rings (SSSR count). The van der Waals surface area contributed by atoms with Crippen molar-refractivity contribution in [3.8, 4) is 5.75 Å². The first kappa shape index (κ1) is 17.7. The van der Waals surface area contributed by atoms with Crippen molar-refractivity contribution >= 4 is 38.2 Å². The van der Waals surface area contributed by atoms with E-state index in [2.05, 4.69) is 5.32 Å². The number of carbonyl (C=O) groups excluding carboxylic acids is 1. The Hall–Kier alpha value is -3.10. The summed E-state index contributed by atoms with van der Waals surface area (Å²) in [6.45, 7) is 1.82. The van der Waals surface area contributed by atoms with E-state index in [1.807, 2.05) is 6.92 Å². The number of aromatic hydroxyl groups is 1. The van der Waals surface area contributed by atoms with Gasteiger partial charge in [0.25, 0.3) is 16.0 Å². The Morgan fingerprint density at radius 3 is 2.50 bits per heavy atom. The average Bonchev–Trinajstić information content (AvgIpc) is 2.57. The lowest BCUT2D eigenvalue weighted by molar-refractivity contribution is 0.102. The number of amides is 1. The molecule has 0 radical (unpaired) electrons. The lowest BCUT2D eigenvalue weighted by Gasteiger charge is -2.13. The molecule has 26 heavy (non-hydrogen) atoms. The van der Waals surface area contributed by atoms with Crippen molar-refractivity contribution in [3.05, 3.63) is 59.7 Å². The molecule has 0 atom stereocenters. The van der Waals surface area contributed by atoms with Crippen LogP contribution in [0.3, 0.4) is 0 Å². The number of phenolic OH excluding ortho intramolecular Hbond substituents is 1. The smallest absolute Gasteiger partial charge is 0.295 e. The van der Waals surface area contributed by atoms with Crippen molar-refractivity contribution < 1.29 is 22.9 Å². The first-order chi connectivity index (χ1) is 12.2. The highest BCUT2D eigenvalue weighted by Crippen LogP contribution is 2.35. The van der Waals surface area contributed by atoms with Gasteiger partial charge in [0.05, 0.1) is 0 Å². The van der Waals surface area contributed by atoms with Gasteiger partial charge in [-0.1, -0.05) is 18.2 Å². The van der Waals surface area contributed by atoms with Crippen LogP contribution in [0.1, 0.15) is 15.9 Å². The molecule has 0 bridgehead atoms. The number of nitrogen functional groups attached to an aromatic ring is 1. The van der Waals surface area contributed by atoms with Crippen LogP contribution in [0.15, 0.2) is 53.4 Å². The number of nitrogens with one attached hydrogen (secondary N) is 1. The summed E-state index contributed by atoms with van der Waals surface area (Å²) in [5.41, 5.74) is 7.76. The van der Waals surface area contributed by atoms with Gasteiger partial charge >= 0.3 is 0 Å². The molecule has 3 aromatic carbocycles. The van der Waals surface area contributed by atoms with Crippen LogP contribution in [0.5, 0.6) is 5.75 Å². The molecule has 0 heterocycles. The van der Waals surface area contributed by atoms with Gasteiger partial charge < -0.3 is 16.2 Å². The molecular weight excluding hydrogens is 356 g/mol. The highest BCUT2D eigenvalue weighted by molar-refractivity contribution is 7.86. The molecule has 0 saturated carbocycles. The minimum absolute atomic E-state index is 0.0729. The van der Waals surface area contributed by atoms with Crippen molar-refractivity contribution in [2.45, 2.75) is 11.8 Å².